The Labute approximate surface area is 91.6 Å². The topological polar surface area (TPSA) is 59.5 Å². The van der Waals surface area contributed by atoms with Crippen molar-refractivity contribution in [2.45, 2.75) is 13.0 Å². The number of fused-ring (bicyclic) bond motifs is 1. The van der Waals surface area contributed by atoms with Gasteiger partial charge in [0, 0.05) is 18.5 Å². The van der Waals surface area contributed by atoms with Crippen molar-refractivity contribution in [3.63, 3.8) is 0 Å². The van der Waals surface area contributed by atoms with Gasteiger partial charge in [-0.2, -0.15) is 0 Å². The van der Waals surface area contributed by atoms with Crippen molar-refractivity contribution in [2.24, 2.45) is 0 Å². The molecule has 82 valence electrons. The van der Waals surface area contributed by atoms with Crippen LogP contribution in [-0.4, -0.2) is 22.5 Å². The van der Waals surface area contributed by atoms with Gasteiger partial charge in [0.05, 0.1) is 19.0 Å². The highest BCUT2D eigenvalue weighted by Crippen LogP contribution is 2.19. The number of nitrogens with zero attached hydrogens (tertiary/aromatic N) is 2. The fourth-order valence-corrected chi connectivity index (χ4v) is 1.87. The zero-order valence-electron chi connectivity index (χ0n) is 8.55. The molecule has 0 saturated heterocycles. The normalized spacial score (nSPS) is 14.9. The van der Waals surface area contributed by atoms with E-state index in [0.717, 1.165) is 11.3 Å². The molecule has 0 saturated carbocycles. The van der Waals surface area contributed by atoms with Gasteiger partial charge in [0.2, 0.25) is 0 Å². The Balaban J connectivity index is 1.81. The molecule has 0 bridgehead atoms. The Hall–Kier alpha value is -2.04. The first-order valence-electron chi connectivity index (χ1n) is 5.10. The van der Waals surface area contributed by atoms with E-state index >= 15 is 0 Å². The molecule has 3 heterocycles. The fourth-order valence-electron chi connectivity index (χ4n) is 1.87. The number of amides is 1. The molecule has 5 nitrogen and oxygen atoms in total. The minimum absolute atomic E-state index is 0.0862. The molecule has 0 unspecified atom stereocenters. The van der Waals surface area contributed by atoms with Crippen molar-refractivity contribution in [1.82, 2.24) is 10.1 Å². The fraction of sp³-hybridized carbons (Fsp3) is 0.273. The van der Waals surface area contributed by atoms with Crippen molar-refractivity contribution >= 4 is 5.91 Å². The van der Waals surface area contributed by atoms with Crippen LogP contribution in [0, 0.1) is 0 Å². The highest BCUT2D eigenvalue weighted by molar-refractivity contribution is 5.91. The number of hydrogen-bond acceptors (Lipinski definition) is 4. The Bertz CT molecular complexity index is 501. The lowest BCUT2D eigenvalue weighted by molar-refractivity contribution is 0.0696. The second-order valence-corrected chi connectivity index (χ2v) is 3.73. The van der Waals surface area contributed by atoms with Gasteiger partial charge in [0.1, 0.15) is 5.76 Å². The van der Waals surface area contributed by atoms with Crippen LogP contribution in [0.5, 0.6) is 0 Å². The predicted molar refractivity (Wildman–Crippen MR) is 53.7 cm³/mol. The third kappa shape index (κ3) is 1.41. The number of furan rings is 1. The molecular formula is C11H10N2O3. The molecule has 1 amide bonds. The van der Waals surface area contributed by atoms with E-state index in [4.69, 9.17) is 8.94 Å². The van der Waals surface area contributed by atoms with Crippen molar-refractivity contribution in [3.05, 3.63) is 41.7 Å². The summed E-state index contributed by atoms with van der Waals surface area (Å²) in [5.41, 5.74) is 0.978. The third-order valence-corrected chi connectivity index (χ3v) is 2.72. The molecule has 0 N–H and O–H groups in total. The van der Waals surface area contributed by atoms with Crippen LogP contribution in [0.1, 0.15) is 21.9 Å². The molecule has 3 rings (SSSR count). The summed E-state index contributed by atoms with van der Waals surface area (Å²) in [5, 5.41) is 3.72. The first-order chi connectivity index (χ1) is 7.84. The van der Waals surface area contributed by atoms with E-state index in [0.29, 0.717) is 25.3 Å². The van der Waals surface area contributed by atoms with Crippen molar-refractivity contribution in [3.8, 4) is 0 Å². The number of aromatic nitrogens is 1. The average Bonchev–Trinajstić information content (AvgIpc) is 2.98. The van der Waals surface area contributed by atoms with Crippen LogP contribution in [-0.2, 0) is 13.0 Å². The molecule has 0 spiro atoms. The van der Waals surface area contributed by atoms with Gasteiger partial charge in [-0.15, -0.1) is 0 Å². The van der Waals surface area contributed by atoms with Gasteiger partial charge < -0.3 is 13.8 Å². The Morgan fingerprint density at radius 3 is 3.25 bits per heavy atom. The van der Waals surface area contributed by atoms with Gasteiger partial charge in [-0.3, -0.25) is 4.79 Å². The number of hydrogen-bond donors (Lipinski definition) is 0. The molecule has 2 aromatic rings. The molecular weight excluding hydrogens is 208 g/mol. The molecule has 1 aliphatic heterocycles. The zero-order valence-corrected chi connectivity index (χ0v) is 8.55. The van der Waals surface area contributed by atoms with Crippen LogP contribution < -0.4 is 0 Å². The second-order valence-electron chi connectivity index (χ2n) is 3.73. The van der Waals surface area contributed by atoms with Crippen LogP contribution in [0.15, 0.2) is 33.5 Å². The van der Waals surface area contributed by atoms with Crippen molar-refractivity contribution < 1.29 is 13.7 Å². The summed E-state index contributed by atoms with van der Waals surface area (Å²) < 4.78 is 10.2. The summed E-state index contributed by atoms with van der Waals surface area (Å²) in [5.74, 6) is 1.17. The van der Waals surface area contributed by atoms with Crippen LogP contribution in [0.4, 0.5) is 0 Å². The SMILES string of the molecule is O=C(c1ccco1)N1CCc2oncc2C1. The Morgan fingerprint density at radius 2 is 2.44 bits per heavy atom. The first kappa shape index (κ1) is 9.21. The second kappa shape index (κ2) is 3.52. The van der Waals surface area contributed by atoms with E-state index in [-0.39, 0.29) is 5.91 Å². The molecule has 16 heavy (non-hydrogen) atoms. The van der Waals surface area contributed by atoms with E-state index in [2.05, 4.69) is 5.16 Å². The van der Waals surface area contributed by atoms with Crippen molar-refractivity contribution in [1.29, 1.82) is 0 Å². The molecule has 0 fully saturated rings. The molecule has 0 aliphatic carbocycles. The van der Waals surface area contributed by atoms with Crippen LogP contribution >= 0.6 is 0 Å². The lowest BCUT2D eigenvalue weighted by Crippen LogP contribution is -2.35. The molecule has 0 aromatic carbocycles. The highest BCUT2D eigenvalue weighted by Gasteiger charge is 2.25. The maximum Gasteiger partial charge on any atom is 0.289 e. The summed E-state index contributed by atoms with van der Waals surface area (Å²) in [4.78, 5) is 13.7. The van der Waals surface area contributed by atoms with E-state index < -0.39 is 0 Å². The quantitative estimate of drug-likeness (QED) is 0.727. The first-order valence-corrected chi connectivity index (χ1v) is 5.10. The van der Waals surface area contributed by atoms with E-state index in [1.165, 1.54) is 6.26 Å². The summed E-state index contributed by atoms with van der Waals surface area (Å²) in [6, 6.07) is 3.38. The minimum atomic E-state index is -0.0862. The van der Waals surface area contributed by atoms with Crippen LogP contribution in [0.2, 0.25) is 0 Å². The molecule has 5 heteroatoms. The smallest absolute Gasteiger partial charge is 0.289 e. The van der Waals surface area contributed by atoms with Gasteiger partial charge in [0.15, 0.2) is 5.76 Å². The molecule has 1 aliphatic rings. The van der Waals surface area contributed by atoms with E-state index in [1.807, 2.05) is 0 Å². The lowest BCUT2D eigenvalue weighted by Gasteiger charge is -2.24. The monoisotopic (exact) mass is 218 g/mol. The summed E-state index contributed by atoms with van der Waals surface area (Å²) in [6.45, 7) is 1.18. The Morgan fingerprint density at radius 1 is 1.50 bits per heavy atom. The van der Waals surface area contributed by atoms with Gasteiger partial charge in [0.25, 0.3) is 5.91 Å². The Kier molecular flexibility index (Phi) is 2.02. The third-order valence-electron chi connectivity index (χ3n) is 2.72. The highest BCUT2D eigenvalue weighted by atomic mass is 16.5. The number of carbonyl (C=O) groups is 1. The average molecular weight is 218 g/mol. The number of rotatable bonds is 1. The van der Waals surface area contributed by atoms with Crippen LogP contribution in [0.25, 0.3) is 0 Å². The van der Waals surface area contributed by atoms with Gasteiger partial charge in [-0.05, 0) is 12.1 Å². The largest absolute Gasteiger partial charge is 0.459 e. The molecule has 0 atom stereocenters. The maximum absolute atomic E-state index is 12.0. The van der Waals surface area contributed by atoms with Crippen molar-refractivity contribution in [2.75, 3.05) is 6.54 Å². The summed E-state index contributed by atoms with van der Waals surface area (Å²) >= 11 is 0. The maximum atomic E-state index is 12.0. The van der Waals surface area contributed by atoms with Gasteiger partial charge in [-0.25, -0.2) is 0 Å². The predicted octanol–water partition coefficient (Wildman–Crippen LogP) is 1.47. The standard InChI is InChI=1S/C11H10N2O3/c14-11(10-2-1-5-15-10)13-4-3-9-8(7-13)6-12-16-9/h1-2,5-6H,3-4,7H2. The zero-order chi connectivity index (χ0) is 11.0. The van der Waals surface area contributed by atoms with Crippen LogP contribution in [0.3, 0.4) is 0 Å². The molecule has 0 radical (unpaired) electrons. The minimum Gasteiger partial charge on any atom is -0.459 e. The molecule has 2 aromatic heterocycles. The summed E-state index contributed by atoms with van der Waals surface area (Å²) in [7, 11) is 0. The van der Waals surface area contributed by atoms with E-state index in [9.17, 15) is 4.79 Å². The van der Waals surface area contributed by atoms with E-state index in [1.54, 1.807) is 23.2 Å². The summed E-state index contributed by atoms with van der Waals surface area (Å²) in [6.07, 6.45) is 3.88. The number of carbonyl (C=O) groups excluding carboxylic acids is 1. The van der Waals surface area contributed by atoms with Gasteiger partial charge >= 0.3 is 0 Å². The lowest BCUT2D eigenvalue weighted by atomic mass is 10.1. The van der Waals surface area contributed by atoms with Gasteiger partial charge in [-0.1, -0.05) is 5.16 Å².